The molecule has 2 aliphatic heterocycles. The van der Waals surface area contributed by atoms with Gasteiger partial charge in [-0.25, -0.2) is 14.4 Å². The van der Waals surface area contributed by atoms with Crippen LogP contribution in [0.1, 0.15) is 25.7 Å². The van der Waals surface area contributed by atoms with E-state index in [0.717, 1.165) is 14.2 Å². The van der Waals surface area contributed by atoms with Gasteiger partial charge in [-0.3, -0.25) is 0 Å². The van der Waals surface area contributed by atoms with Crippen molar-refractivity contribution in [2.24, 2.45) is 17.8 Å². The Morgan fingerprint density at radius 3 is 1.75 bits per heavy atom. The molecule has 51 heavy (non-hydrogen) atoms. The Morgan fingerprint density at radius 2 is 1.25 bits per heavy atom. The van der Waals surface area contributed by atoms with E-state index in [0.29, 0.717) is 6.29 Å². The van der Waals surface area contributed by atoms with Gasteiger partial charge in [-0.05, 0) is 25.2 Å². The van der Waals surface area contributed by atoms with Crippen LogP contribution in [0.25, 0.3) is 0 Å². The summed E-state index contributed by atoms with van der Waals surface area (Å²) in [5.74, 6) is -9.82. The molecule has 296 valence electrons. The van der Waals surface area contributed by atoms with Gasteiger partial charge in [0.2, 0.25) is 0 Å². The summed E-state index contributed by atoms with van der Waals surface area (Å²) >= 11 is 1.54. The number of carboxylic acids is 3. The summed E-state index contributed by atoms with van der Waals surface area (Å²) in [6.07, 6.45) is -30.4. The molecule has 0 spiro atoms. The fourth-order valence-electron chi connectivity index (χ4n) is 6.47. The van der Waals surface area contributed by atoms with Crippen LogP contribution in [-0.2, 0) is 38.1 Å². The minimum absolute atomic E-state index is 0.356. The number of carbonyl (C=O) groups excluding carboxylic acids is 1. The van der Waals surface area contributed by atoms with E-state index in [1.54, 1.807) is 0 Å². The molecule has 2 fully saturated rings. The van der Waals surface area contributed by atoms with Crippen molar-refractivity contribution in [1.82, 2.24) is 0 Å². The Labute approximate surface area is 304 Å². The van der Waals surface area contributed by atoms with Gasteiger partial charge >= 0.3 is 17.9 Å². The van der Waals surface area contributed by atoms with Crippen LogP contribution in [0, 0.1) is 17.8 Å². The van der Waals surface area contributed by atoms with Crippen molar-refractivity contribution >= 4 is 46.8 Å². The van der Waals surface area contributed by atoms with E-state index in [-0.39, 0.29) is 0 Å². The largest absolute Gasteiger partial charge is 0.479 e. The number of hydrogen-bond acceptors (Lipinski definition) is 18. The zero-order valence-electron chi connectivity index (χ0n) is 27.3. The van der Waals surface area contributed by atoms with E-state index >= 15 is 0 Å². The summed E-state index contributed by atoms with van der Waals surface area (Å²) < 4.78 is 19.1. The molecule has 19 atom stereocenters. The van der Waals surface area contributed by atoms with Crippen molar-refractivity contribution in [2.45, 2.75) is 121 Å². The third-order valence-electron chi connectivity index (χ3n) is 9.45. The zero-order chi connectivity index (χ0) is 39.1. The van der Waals surface area contributed by atoms with Gasteiger partial charge in [-0.2, -0.15) is 0 Å². The van der Waals surface area contributed by atoms with E-state index in [9.17, 15) is 85.6 Å². The minimum Gasteiger partial charge on any atom is -0.479 e. The smallest absolute Gasteiger partial charge is 0.335 e. The maximum absolute atomic E-state index is 12.3. The van der Waals surface area contributed by atoms with Gasteiger partial charge in [0, 0.05) is 36.4 Å². The molecule has 0 radical (unpaired) electrons. The number of hydrogen-bond donors (Lipinski definition) is 13. The molecule has 2 heterocycles. The SMILES string of the molecule is COC(O)C(O)C(O)C(CC=O)CC1OC(C(=O)O)C(CC(I)C(O)C(O)C(CC2OC(C(=O)O)C(OC)C(O)C2O)C(O)C(=O)O)C(O)C1O. The third kappa shape index (κ3) is 10.9. The number of alkyl halides is 1. The Balaban J connectivity index is 2.29. The molecular formula is C29H47IO21. The number of aliphatic hydroxyl groups excluding tert-OH is 10. The van der Waals surface area contributed by atoms with Crippen molar-refractivity contribution in [3.8, 4) is 0 Å². The summed E-state index contributed by atoms with van der Waals surface area (Å²) in [6, 6.07) is 0. The number of aldehydes is 1. The first-order valence-electron chi connectivity index (χ1n) is 15.7. The molecule has 2 aliphatic rings. The lowest BCUT2D eigenvalue weighted by Crippen LogP contribution is -2.61. The van der Waals surface area contributed by atoms with Crippen LogP contribution in [-0.4, -0.2) is 200 Å². The number of carbonyl (C=O) groups is 4. The first-order valence-corrected chi connectivity index (χ1v) is 16.9. The Hall–Kier alpha value is -1.75. The van der Waals surface area contributed by atoms with Gasteiger partial charge in [0.15, 0.2) is 24.6 Å². The predicted octanol–water partition coefficient (Wildman–Crippen LogP) is -5.59. The summed E-state index contributed by atoms with van der Waals surface area (Å²) in [6.45, 7) is 0. The quantitative estimate of drug-likeness (QED) is 0.0235. The normalized spacial score (nSPS) is 35.3. The van der Waals surface area contributed by atoms with Crippen molar-refractivity contribution in [3.05, 3.63) is 0 Å². The Bertz CT molecular complexity index is 1150. The first kappa shape index (κ1) is 45.4. The average Bonchev–Trinajstić information content (AvgIpc) is 3.09. The van der Waals surface area contributed by atoms with E-state index in [1.807, 2.05) is 0 Å². The number of halogens is 1. The Morgan fingerprint density at radius 1 is 0.725 bits per heavy atom. The van der Waals surface area contributed by atoms with Crippen LogP contribution in [0.3, 0.4) is 0 Å². The molecule has 22 heteroatoms. The topological polar surface area (TPSA) is 368 Å². The highest BCUT2D eigenvalue weighted by Gasteiger charge is 2.52. The molecule has 19 unspecified atom stereocenters. The van der Waals surface area contributed by atoms with Gasteiger partial charge in [0.05, 0.1) is 36.6 Å². The number of ether oxygens (including phenoxy) is 4. The van der Waals surface area contributed by atoms with Crippen molar-refractivity contribution in [3.63, 3.8) is 0 Å². The van der Waals surface area contributed by atoms with Crippen LogP contribution in [0.2, 0.25) is 0 Å². The second kappa shape index (κ2) is 20.1. The van der Waals surface area contributed by atoms with Crippen molar-refractivity contribution < 1.29 is 105 Å². The third-order valence-corrected chi connectivity index (χ3v) is 10.7. The van der Waals surface area contributed by atoms with Gasteiger partial charge in [-0.1, -0.05) is 22.6 Å². The van der Waals surface area contributed by atoms with Crippen molar-refractivity contribution in [1.29, 1.82) is 0 Å². The standard InChI is InChI=1S/C29H47IO21/c1-48-24-21(39)20(38)13(51-25(24)28(45)46)7-9(17(35)26(41)42)15(33)18(36)11(30)6-10-16(34)19(37)12(50-23(10)27(43)44)5-8(3-4-31)14(32)22(40)29(47)49-2/h4,8-25,29,32-40,47H,3,5-7H2,1-2H3,(H,41,42)(H,43,44)(H,45,46). The lowest BCUT2D eigenvalue weighted by atomic mass is 9.78. The maximum Gasteiger partial charge on any atom is 0.335 e. The van der Waals surface area contributed by atoms with Gasteiger partial charge < -0.3 is 90.1 Å². The molecule has 2 saturated heterocycles. The predicted molar refractivity (Wildman–Crippen MR) is 171 cm³/mol. The van der Waals surface area contributed by atoms with Gasteiger partial charge in [0.25, 0.3) is 0 Å². The molecule has 0 aromatic carbocycles. The second-order valence-corrected chi connectivity index (χ2v) is 14.2. The first-order chi connectivity index (χ1) is 23.7. The van der Waals surface area contributed by atoms with E-state index < -0.39 is 157 Å². The molecule has 0 bridgehead atoms. The van der Waals surface area contributed by atoms with Crippen LogP contribution in [0.4, 0.5) is 0 Å². The van der Waals surface area contributed by atoms with Crippen LogP contribution >= 0.6 is 22.6 Å². The van der Waals surface area contributed by atoms with Crippen LogP contribution < -0.4 is 0 Å². The number of methoxy groups -OCH3 is 2. The highest BCUT2D eigenvalue weighted by Crippen LogP contribution is 2.37. The number of carboxylic acid groups (broad SMARTS) is 3. The molecule has 2 rings (SSSR count). The molecule has 13 N–H and O–H groups in total. The van der Waals surface area contributed by atoms with E-state index in [4.69, 9.17) is 14.2 Å². The summed E-state index contributed by atoms with van der Waals surface area (Å²) in [7, 11) is 2.06. The summed E-state index contributed by atoms with van der Waals surface area (Å²) in [5, 5.41) is 135. The number of aliphatic carboxylic acids is 3. The monoisotopic (exact) mass is 858 g/mol. The zero-order valence-corrected chi connectivity index (χ0v) is 29.5. The van der Waals surface area contributed by atoms with Gasteiger partial charge in [-0.15, -0.1) is 0 Å². The number of aliphatic hydroxyl groups is 10. The lowest BCUT2D eigenvalue weighted by molar-refractivity contribution is -0.240. The average molecular weight is 859 g/mol. The molecule has 0 aliphatic carbocycles. The molecule has 0 saturated carbocycles. The summed E-state index contributed by atoms with van der Waals surface area (Å²) in [5.41, 5.74) is 0. The minimum atomic E-state index is -2.45. The molecule has 0 aromatic rings. The fraction of sp³-hybridized carbons (Fsp3) is 0.862. The van der Waals surface area contributed by atoms with Crippen LogP contribution in [0.15, 0.2) is 0 Å². The molecule has 0 amide bonds. The lowest BCUT2D eigenvalue weighted by Gasteiger charge is -2.44. The fourth-order valence-corrected chi connectivity index (χ4v) is 7.49. The molecule has 0 aromatic heterocycles. The molecular weight excluding hydrogens is 811 g/mol. The highest BCUT2D eigenvalue weighted by atomic mass is 127. The number of rotatable bonds is 20. The van der Waals surface area contributed by atoms with Crippen molar-refractivity contribution in [2.75, 3.05) is 14.2 Å². The maximum atomic E-state index is 12.3. The van der Waals surface area contributed by atoms with Crippen LogP contribution in [0.5, 0.6) is 0 Å². The second-order valence-electron chi connectivity index (χ2n) is 12.6. The van der Waals surface area contributed by atoms with E-state index in [2.05, 4.69) is 4.74 Å². The summed E-state index contributed by atoms with van der Waals surface area (Å²) in [4.78, 5) is 47.0. The van der Waals surface area contributed by atoms with E-state index in [1.165, 1.54) is 22.6 Å². The Kier molecular flexibility index (Phi) is 17.9. The van der Waals surface area contributed by atoms with Gasteiger partial charge in [0.1, 0.15) is 36.8 Å². The highest BCUT2D eigenvalue weighted by molar-refractivity contribution is 14.1. The molecule has 21 nitrogen and oxygen atoms in total.